The molecule has 0 atom stereocenters. The minimum atomic E-state index is 0. The van der Waals surface area contributed by atoms with E-state index in [0.717, 1.165) is 0 Å². The predicted molar refractivity (Wildman–Crippen MR) is 22.5 cm³/mol. The van der Waals surface area contributed by atoms with E-state index in [1.165, 1.54) is 0 Å². The largest absolute Gasteiger partial charge is 2.00 e. The molecule has 0 aromatic carbocycles. The fourth-order valence-electron chi connectivity index (χ4n) is 0.166. The minimum absolute atomic E-state index is 0. The molecule has 0 saturated heterocycles. The average molecular weight is 184 g/mol. The Hall–Kier alpha value is -0.587. The number of hydrogen-bond donors (Lipinski definition) is 2. The maximum absolute atomic E-state index is 4.99. The van der Waals surface area contributed by atoms with E-state index in [1.807, 2.05) is 0 Å². The molecule has 1 rings (SSSR count). The molecule has 9 heavy (non-hydrogen) atoms. The van der Waals surface area contributed by atoms with Gasteiger partial charge in [-0.1, -0.05) is 5.10 Å². The Balaban J connectivity index is -0.000000120. The number of nitrogen functional groups attached to an aromatic ring is 1. The number of tetrazole rings is 1. The summed E-state index contributed by atoms with van der Waals surface area (Å²) in [4.78, 5) is 0. The molecule has 1 aromatic rings. The topological polar surface area (TPSA) is 140 Å². The van der Waals surface area contributed by atoms with E-state index in [-0.39, 0.29) is 36.4 Å². The zero-order chi connectivity index (χ0) is 4.41. The minimum Gasteiger partial charge on any atom is -0.870 e. The Bertz CT molecular complexity index is 119. The standard InChI is InChI=1S/CH3N5.2H2O.Zn/c2-1-3-5-6-4-1;;;/h(H3,2,3,4,5,6);2*1H2;/q;;;+2/p-2. The number of rotatable bonds is 0. The molecule has 0 unspecified atom stereocenters. The van der Waals surface area contributed by atoms with Crippen LogP contribution in [-0.2, 0) is 19.5 Å². The van der Waals surface area contributed by atoms with Gasteiger partial charge in [-0.15, -0.1) is 0 Å². The van der Waals surface area contributed by atoms with Crippen molar-refractivity contribution in [3.8, 4) is 0 Å². The van der Waals surface area contributed by atoms with Gasteiger partial charge in [0.1, 0.15) is 0 Å². The van der Waals surface area contributed by atoms with Crippen molar-refractivity contribution >= 4 is 5.95 Å². The van der Waals surface area contributed by atoms with Crippen molar-refractivity contribution in [3.05, 3.63) is 0 Å². The maximum Gasteiger partial charge on any atom is 2.00 e. The third-order valence-electron chi connectivity index (χ3n) is 0.362. The van der Waals surface area contributed by atoms with Crippen LogP contribution in [0.25, 0.3) is 0 Å². The first-order valence-corrected chi connectivity index (χ1v) is 1.39. The fourth-order valence-corrected chi connectivity index (χ4v) is 0.166. The SMILES string of the molecule is Nc1nnn[nH]1.[OH-].[OH-].[Zn+2]. The first kappa shape index (κ1) is 15.8. The summed E-state index contributed by atoms with van der Waals surface area (Å²) in [7, 11) is 0. The van der Waals surface area contributed by atoms with Gasteiger partial charge in [-0.3, -0.25) is 0 Å². The molecule has 0 aliphatic heterocycles. The molecule has 48 valence electrons. The summed E-state index contributed by atoms with van der Waals surface area (Å²) < 4.78 is 0. The van der Waals surface area contributed by atoms with E-state index in [4.69, 9.17) is 5.73 Å². The third-order valence-corrected chi connectivity index (χ3v) is 0.362. The van der Waals surface area contributed by atoms with E-state index in [0.29, 0.717) is 0 Å². The molecule has 0 amide bonds. The van der Waals surface area contributed by atoms with Gasteiger partial charge in [-0.25, -0.2) is 5.10 Å². The number of hydrogen-bond acceptors (Lipinski definition) is 6. The van der Waals surface area contributed by atoms with E-state index in [2.05, 4.69) is 20.6 Å². The zero-order valence-electron chi connectivity index (χ0n) is 4.52. The van der Waals surface area contributed by atoms with Gasteiger partial charge < -0.3 is 16.7 Å². The molecule has 8 heteroatoms. The predicted octanol–water partition coefficient (Wildman–Crippen LogP) is -1.57. The summed E-state index contributed by atoms with van der Waals surface area (Å²) in [6, 6.07) is 0. The Kier molecular flexibility index (Phi) is 13.0. The van der Waals surface area contributed by atoms with Gasteiger partial charge in [0, 0.05) is 0 Å². The van der Waals surface area contributed by atoms with Crippen molar-refractivity contribution in [1.82, 2.24) is 20.6 Å². The van der Waals surface area contributed by atoms with Gasteiger partial charge in [-0.05, 0) is 10.4 Å². The quantitative estimate of drug-likeness (QED) is 0.467. The molecule has 7 nitrogen and oxygen atoms in total. The average Bonchev–Trinajstić information content (AvgIpc) is 1.86. The van der Waals surface area contributed by atoms with Crippen molar-refractivity contribution in [2.45, 2.75) is 0 Å². The number of aromatic nitrogens is 4. The van der Waals surface area contributed by atoms with Gasteiger partial charge >= 0.3 is 19.5 Å². The van der Waals surface area contributed by atoms with Crippen molar-refractivity contribution in [2.75, 3.05) is 5.73 Å². The second-order valence-electron chi connectivity index (χ2n) is 0.786. The fraction of sp³-hybridized carbons (Fsp3) is 0. The van der Waals surface area contributed by atoms with Crippen LogP contribution in [-0.4, -0.2) is 31.6 Å². The molecule has 0 radical (unpaired) electrons. The number of anilines is 1. The van der Waals surface area contributed by atoms with E-state index in [9.17, 15) is 0 Å². The Morgan fingerprint density at radius 3 is 2.00 bits per heavy atom. The molecule has 0 bridgehead atoms. The molecule has 0 aliphatic rings. The van der Waals surface area contributed by atoms with Gasteiger partial charge in [0.15, 0.2) is 0 Å². The van der Waals surface area contributed by atoms with Crippen LogP contribution in [0.1, 0.15) is 0 Å². The van der Waals surface area contributed by atoms with Crippen LogP contribution in [0.15, 0.2) is 0 Å². The van der Waals surface area contributed by atoms with Crippen LogP contribution in [0.2, 0.25) is 0 Å². The molecule has 5 N–H and O–H groups in total. The number of aromatic amines is 1. The number of H-pyrrole nitrogens is 1. The summed E-state index contributed by atoms with van der Waals surface area (Å²) in [6.45, 7) is 0. The van der Waals surface area contributed by atoms with Crippen molar-refractivity contribution in [2.24, 2.45) is 0 Å². The van der Waals surface area contributed by atoms with E-state index >= 15 is 0 Å². The number of nitrogens with one attached hydrogen (secondary N) is 1. The van der Waals surface area contributed by atoms with Crippen LogP contribution in [0.5, 0.6) is 0 Å². The number of nitrogens with two attached hydrogens (primary N) is 1. The monoisotopic (exact) mass is 183 g/mol. The summed E-state index contributed by atoms with van der Waals surface area (Å²) in [5.41, 5.74) is 4.99. The third kappa shape index (κ3) is 5.28. The van der Waals surface area contributed by atoms with Gasteiger partial charge in [0.2, 0.25) is 5.95 Å². The van der Waals surface area contributed by atoms with Crippen LogP contribution in [0.3, 0.4) is 0 Å². The molecule has 0 aliphatic carbocycles. The maximum atomic E-state index is 4.99. The van der Waals surface area contributed by atoms with Gasteiger partial charge in [0.05, 0.1) is 0 Å². The molecule has 0 fully saturated rings. The van der Waals surface area contributed by atoms with Crippen LogP contribution < -0.4 is 5.73 Å². The van der Waals surface area contributed by atoms with Crippen molar-refractivity contribution < 1.29 is 30.4 Å². The zero-order valence-corrected chi connectivity index (χ0v) is 7.49. The van der Waals surface area contributed by atoms with Gasteiger partial charge in [-0.2, -0.15) is 0 Å². The van der Waals surface area contributed by atoms with Crippen LogP contribution in [0, 0.1) is 0 Å². The van der Waals surface area contributed by atoms with Crippen molar-refractivity contribution in [3.63, 3.8) is 0 Å². The Morgan fingerprint density at radius 2 is 1.89 bits per heavy atom. The summed E-state index contributed by atoms with van der Waals surface area (Å²) in [5, 5.41) is 11.9. The normalized spacial score (nSPS) is 5.78. The summed E-state index contributed by atoms with van der Waals surface area (Å²) >= 11 is 0. The van der Waals surface area contributed by atoms with Gasteiger partial charge in [0.25, 0.3) is 0 Å². The smallest absolute Gasteiger partial charge is 0.870 e. The molecular weight excluding hydrogens is 179 g/mol. The van der Waals surface area contributed by atoms with Crippen LogP contribution in [0.4, 0.5) is 5.95 Å². The van der Waals surface area contributed by atoms with Crippen LogP contribution >= 0.6 is 0 Å². The second kappa shape index (κ2) is 7.41. The second-order valence-corrected chi connectivity index (χ2v) is 0.786. The number of nitrogens with zero attached hydrogens (tertiary/aromatic N) is 3. The first-order valence-electron chi connectivity index (χ1n) is 1.39. The molecule has 0 saturated carbocycles. The molecular formula is CH5N5O2Zn. The Labute approximate surface area is 63.4 Å². The molecule has 1 heterocycles. The molecule has 1 aromatic heterocycles. The summed E-state index contributed by atoms with van der Waals surface area (Å²) in [5.74, 6) is 0.245. The summed E-state index contributed by atoms with van der Waals surface area (Å²) in [6.07, 6.45) is 0. The van der Waals surface area contributed by atoms with E-state index < -0.39 is 0 Å². The Morgan fingerprint density at radius 1 is 1.33 bits per heavy atom. The molecule has 0 spiro atoms. The van der Waals surface area contributed by atoms with Crippen molar-refractivity contribution in [1.29, 1.82) is 0 Å². The first-order chi connectivity index (χ1) is 2.89. The van der Waals surface area contributed by atoms with E-state index in [1.54, 1.807) is 0 Å².